The predicted octanol–water partition coefficient (Wildman–Crippen LogP) is 1.19. The average molecular weight is 252 g/mol. The highest BCUT2D eigenvalue weighted by molar-refractivity contribution is 5.37. The molecule has 0 aliphatic rings. The predicted molar refractivity (Wildman–Crippen MR) is 74.1 cm³/mol. The maximum absolute atomic E-state index is 9.45. The van der Waals surface area contributed by atoms with Gasteiger partial charge in [0.15, 0.2) is 0 Å². The van der Waals surface area contributed by atoms with Crippen molar-refractivity contribution in [3.8, 4) is 5.75 Å². The molecule has 1 atom stereocenters. The van der Waals surface area contributed by atoms with Gasteiger partial charge in [-0.2, -0.15) is 0 Å². The minimum atomic E-state index is -0.0189. The van der Waals surface area contributed by atoms with E-state index in [1.165, 1.54) is 0 Å². The molecule has 0 saturated heterocycles. The van der Waals surface area contributed by atoms with Crippen LogP contribution in [0.15, 0.2) is 18.2 Å². The molecule has 1 aromatic carbocycles. The van der Waals surface area contributed by atoms with E-state index in [0.29, 0.717) is 0 Å². The Balaban J connectivity index is 2.67. The summed E-state index contributed by atoms with van der Waals surface area (Å²) in [5, 5.41) is 12.8. The van der Waals surface area contributed by atoms with Gasteiger partial charge in [0, 0.05) is 13.1 Å². The SMILES string of the molecule is COc1ccc(C(CO)NCCN(C)C)cc1C. The first-order chi connectivity index (χ1) is 8.58. The van der Waals surface area contributed by atoms with Gasteiger partial charge in [-0.05, 0) is 38.2 Å². The third-order valence-corrected chi connectivity index (χ3v) is 2.95. The molecule has 0 amide bonds. The van der Waals surface area contributed by atoms with Crippen molar-refractivity contribution in [3.05, 3.63) is 29.3 Å². The fourth-order valence-corrected chi connectivity index (χ4v) is 1.87. The van der Waals surface area contributed by atoms with Crippen LogP contribution in [0.4, 0.5) is 0 Å². The lowest BCUT2D eigenvalue weighted by molar-refractivity contribution is 0.240. The molecule has 4 nitrogen and oxygen atoms in total. The molecule has 0 saturated carbocycles. The lowest BCUT2D eigenvalue weighted by Crippen LogP contribution is -2.31. The number of aryl methyl sites for hydroxylation is 1. The number of rotatable bonds is 7. The molecule has 1 unspecified atom stereocenters. The molecule has 2 N–H and O–H groups in total. The Bertz CT molecular complexity index is 367. The number of likely N-dealkylation sites (N-methyl/N-ethyl adjacent to an activating group) is 1. The fourth-order valence-electron chi connectivity index (χ4n) is 1.87. The molecule has 102 valence electrons. The third-order valence-electron chi connectivity index (χ3n) is 2.95. The molecule has 4 heteroatoms. The summed E-state index contributed by atoms with van der Waals surface area (Å²) in [6.07, 6.45) is 0. The second-order valence-electron chi connectivity index (χ2n) is 4.72. The Labute approximate surface area is 110 Å². The van der Waals surface area contributed by atoms with Crippen molar-refractivity contribution in [3.63, 3.8) is 0 Å². The van der Waals surface area contributed by atoms with Crippen LogP contribution in [-0.4, -0.2) is 50.9 Å². The Morgan fingerprint density at radius 3 is 2.61 bits per heavy atom. The molecule has 1 aromatic rings. The van der Waals surface area contributed by atoms with E-state index in [1.807, 2.05) is 33.2 Å². The zero-order valence-electron chi connectivity index (χ0n) is 11.7. The van der Waals surface area contributed by atoms with Crippen LogP contribution in [0.3, 0.4) is 0 Å². The van der Waals surface area contributed by atoms with Crippen molar-refractivity contribution < 1.29 is 9.84 Å². The number of nitrogens with zero attached hydrogens (tertiary/aromatic N) is 1. The minimum absolute atomic E-state index is 0.0189. The van der Waals surface area contributed by atoms with Crippen molar-refractivity contribution in [2.75, 3.05) is 40.9 Å². The van der Waals surface area contributed by atoms with Gasteiger partial charge < -0.3 is 20.1 Å². The molecule has 0 radical (unpaired) electrons. The largest absolute Gasteiger partial charge is 0.496 e. The van der Waals surface area contributed by atoms with E-state index in [1.54, 1.807) is 7.11 Å². The second kappa shape index (κ2) is 7.36. The van der Waals surface area contributed by atoms with E-state index >= 15 is 0 Å². The summed E-state index contributed by atoms with van der Waals surface area (Å²) in [6.45, 7) is 3.91. The van der Waals surface area contributed by atoms with E-state index in [9.17, 15) is 5.11 Å². The van der Waals surface area contributed by atoms with E-state index in [4.69, 9.17) is 4.74 Å². The van der Waals surface area contributed by atoms with Crippen molar-refractivity contribution in [2.45, 2.75) is 13.0 Å². The number of ether oxygens (including phenoxy) is 1. The summed E-state index contributed by atoms with van der Waals surface area (Å²) in [4.78, 5) is 2.11. The van der Waals surface area contributed by atoms with E-state index < -0.39 is 0 Å². The molecule has 0 spiro atoms. The summed E-state index contributed by atoms with van der Waals surface area (Å²) in [6, 6.07) is 5.98. The van der Waals surface area contributed by atoms with Gasteiger partial charge in [-0.15, -0.1) is 0 Å². The van der Waals surface area contributed by atoms with Crippen LogP contribution >= 0.6 is 0 Å². The quantitative estimate of drug-likeness (QED) is 0.765. The van der Waals surface area contributed by atoms with E-state index in [2.05, 4.69) is 16.3 Å². The maximum atomic E-state index is 9.45. The molecule has 0 aliphatic heterocycles. The highest BCUT2D eigenvalue weighted by Crippen LogP contribution is 2.22. The summed E-state index contributed by atoms with van der Waals surface area (Å²) < 4.78 is 5.24. The van der Waals surface area contributed by atoms with Crippen LogP contribution in [0.5, 0.6) is 5.75 Å². The summed E-state index contributed by atoms with van der Waals surface area (Å²) >= 11 is 0. The van der Waals surface area contributed by atoms with Crippen LogP contribution in [0.2, 0.25) is 0 Å². The fraction of sp³-hybridized carbons (Fsp3) is 0.571. The molecular weight excluding hydrogens is 228 g/mol. The number of benzene rings is 1. The molecule has 1 rings (SSSR count). The number of hydrogen-bond acceptors (Lipinski definition) is 4. The topological polar surface area (TPSA) is 44.7 Å². The number of methoxy groups -OCH3 is 1. The summed E-state index contributed by atoms with van der Waals surface area (Å²) in [5.74, 6) is 0.878. The zero-order chi connectivity index (χ0) is 13.5. The molecule has 0 fully saturated rings. The van der Waals surface area contributed by atoms with Crippen molar-refractivity contribution >= 4 is 0 Å². The third kappa shape index (κ3) is 4.29. The van der Waals surface area contributed by atoms with Gasteiger partial charge in [0.2, 0.25) is 0 Å². The zero-order valence-corrected chi connectivity index (χ0v) is 11.7. The van der Waals surface area contributed by atoms with Gasteiger partial charge in [-0.3, -0.25) is 0 Å². The normalized spacial score (nSPS) is 12.8. The highest BCUT2D eigenvalue weighted by atomic mass is 16.5. The smallest absolute Gasteiger partial charge is 0.121 e. The summed E-state index contributed by atoms with van der Waals surface area (Å²) in [7, 11) is 5.74. The molecule has 0 bridgehead atoms. The number of aliphatic hydroxyl groups is 1. The first-order valence-electron chi connectivity index (χ1n) is 6.22. The van der Waals surface area contributed by atoms with Crippen molar-refractivity contribution in [1.82, 2.24) is 10.2 Å². The highest BCUT2D eigenvalue weighted by Gasteiger charge is 2.11. The second-order valence-corrected chi connectivity index (χ2v) is 4.72. The maximum Gasteiger partial charge on any atom is 0.121 e. The Hall–Kier alpha value is -1.10. The summed E-state index contributed by atoms with van der Waals surface area (Å²) in [5.41, 5.74) is 2.18. The van der Waals surface area contributed by atoms with Crippen molar-refractivity contribution in [2.24, 2.45) is 0 Å². The van der Waals surface area contributed by atoms with Crippen LogP contribution in [0.1, 0.15) is 17.2 Å². The van der Waals surface area contributed by atoms with E-state index in [-0.39, 0.29) is 12.6 Å². The Kier molecular flexibility index (Phi) is 6.12. The van der Waals surface area contributed by atoms with Crippen LogP contribution in [0, 0.1) is 6.92 Å². The lowest BCUT2D eigenvalue weighted by Gasteiger charge is -2.19. The molecule has 18 heavy (non-hydrogen) atoms. The van der Waals surface area contributed by atoms with Gasteiger partial charge in [-0.1, -0.05) is 12.1 Å². The average Bonchev–Trinajstić information content (AvgIpc) is 2.34. The van der Waals surface area contributed by atoms with Crippen LogP contribution < -0.4 is 10.1 Å². The van der Waals surface area contributed by atoms with Gasteiger partial charge in [0.05, 0.1) is 19.8 Å². The first-order valence-corrected chi connectivity index (χ1v) is 6.22. The first kappa shape index (κ1) is 15.0. The van der Waals surface area contributed by atoms with Crippen LogP contribution in [0.25, 0.3) is 0 Å². The van der Waals surface area contributed by atoms with E-state index in [0.717, 1.165) is 30.0 Å². The number of nitrogens with one attached hydrogen (secondary N) is 1. The van der Waals surface area contributed by atoms with Gasteiger partial charge in [0.1, 0.15) is 5.75 Å². The molecule has 0 heterocycles. The van der Waals surface area contributed by atoms with Crippen LogP contribution in [-0.2, 0) is 0 Å². The number of hydrogen-bond donors (Lipinski definition) is 2. The van der Waals surface area contributed by atoms with Crippen molar-refractivity contribution in [1.29, 1.82) is 0 Å². The Morgan fingerprint density at radius 2 is 2.11 bits per heavy atom. The Morgan fingerprint density at radius 1 is 1.39 bits per heavy atom. The standard InChI is InChI=1S/C14H24N2O2/c1-11-9-12(5-6-14(11)18-4)13(10-17)15-7-8-16(2)3/h5-6,9,13,15,17H,7-8,10H2,1-4H3. The molecule has 0 aromatic heterocycles. The monoisotopic (exact) mass is 252 g/mol. The minimum Gasteiger partial charge on any atom is -0.496 e. The van der Waals surface area contributed by atoms with Gasteiger partial charge >= 0.3 is 0 Å². The number of aliphatic hydroxyl groups excluding tert-OH is 1. The lowest BCUT2D eigenvalue weighted by atomic mass is 10.0. The van der Waals surface area contributed by atoms with Gasteiger partial charge in [-0.25, -0.2) is 0 Å². The van der Waals surface area contributed by atoms with Gasteiger partial charge in [0.25, 0.3) is 0 Å². The molecule has 0 aliphatic carbocycles. The molecular formula is C14H24N2O2.